The third-order valence-corrected chi connectivity index (χ3v) is 3.20. The molecule has 1 heterocycles. The van der Waals surface area contributed by atoms with Gasteiger partial charge in [-0.05, 0) is 18.4 Å². The minimum Gasteiger partial charge on any atom is -0.377 e. The molecule has 93 valence electrons. The largest absolute Gasteiger partial charge is 0.377 e. The molecule has 2 rings (SSSR count). The van der Waals surface area contributed by atoms with Crippen molar-refractivity contribution in [2.45, 2.75) is 25.3 Å². The van der Waals surface area contributed by atoms with Crippen LogP contribution in [0.2, 0.25) is 0 Å². The fourth-order valence-corrected chi connectivity index (χ4v) is 2.34. The maximum absolute atomic E-state index is 5.55. The van der Waals surface area contributed by atoms with Crippen LogP contribution in [0, 0.1) is 6.42 Å². The SMILES string of the molecule is COC1[CH]CCN(Cc2ccccc2)C1OC. The van der Waals surface area contributed by atoms with Crippen LogP contribution in [-0.2, 0) is 16.0 Å². The Balaban J connectivity index is 2.03. The highest BCUT2D eigenvalue weighted by Gasteiger charge is 2.31. The molecular weight excluding hydrogens is 214 g/mol. The van der Waals surface area contributed by atoms with Crippen molar-refractivity contribution in [3.8, 4) is 0 Å². The van der Waals surface area contributed by atoms with Gasteiger partial charge in [-0.25, -0.2) is 0 Å². The summed E-state index contributed by atoms with van der Waals surface area (Å²) in [5, 5.41) is 0. The summed E-state index contributed by atoms with van der Waals surface area (Å²) in [5.41, 5.74) is 1.31. The first-order valence-electron chi connectivity index (χ1n) is 6.02. The predicted octanol–water partition coefficient (Wildman–Crippen LogP) is 2.08. The molecule has 1 aromatic carbocycles. The van der Waals surface area contributed by atoms with Crippen molar-refractivity contribution < 1.29 is 9.47 Å². The molecule has 0 aliphatic carbocycles. The van der Waals surface area contributed by atoms with E-state index < -0.39 is 0 Å². The number of hydrogen-bond donors (Lipinski definition) is 0. The molecule has 0 aromatic heterocycles. The van der Waals surface area contributed by atoms with Crippen molar-refractivity contribution >= 4 is 0 Å². The summed E-state index contributed by atoms with van der Waals surface area (Å²) in [4.78, 5) is 2.32. The van der Waals surface area contributed by atoms with E-state index >= 15 is 0 Å². The molecule has 0 bridgehead atoms. The molecule has 1 saturated heterocycles. The van der Waals surface area contributed by atoms with Crippen LogP contribution in [-0.4, -0.2) is 38.0 Å². The average Bonchev–Trinajstić information content (AvgIpc) is 2.39. The van der Waals surface area contributed by atoms with E-state index in [1.165, 1.54) is 5.56 Å². The second-order valence-electron chi connectivity index (χ2n) is 4.31. The van der Waals surface area contributed by atoms with E-state index in [0.29, 0.717) is 0 Å². The van der Waals surface area contributed by atoms with Crippen LogP contribution in [0.1, 0.15) is 12.0 Å². The van der Waals surface area contributed by atoms with E-state index in [2.05, 4.69) is 35.6 Å². The van der Waals surface area contributed by atoms with Gasteiger partial charge >= 0.3 is 0 Å². The number of nitrogens with zero attached hydrogens (tertiary/aromatic N) is 1. The monoisotopic (exact) mass is 234 g/mol. The molecule has 2 unspecified atom stereocenters. The van der Waals surface area contributed by atoms with Crippen LogP contribution >= 0.6 is 0 Å². The summed E-state index contributed by atoms with van der Waals surface area (Å²) in [6, 6.07) is 10.5. The number of hydrogen-bond acceptors (Lipinski definition) is 3. The molecule has 1 fully saturated rings. The number of rotatable bonds is 4. The van der Waals surface area contributed by atoms with Gasteiger partial charge in [0.1, 0.15) is 12.3 Å². The van der Waals surface area contributed by atoms with Crippen LogP contribution < -0.4 is 0 Å². The standard InChI is InChI=1S/C14H20NO2/c1-16-13-9-6-10-15(14(13)17-2)11-12-7-4-3-5-8-12/h3-5,7-9,13-14H,6,10-11H2,1-2H3. The van der Waals surface area contributed by atoms with Crippen LogP contribution in [0.5, 0.6) is 0 Å². The van der Waals surface area contributed by atoms with Gasteiger partial charge < -0.3 is 9.47 Å². The Kier molecular flexibility index (Phi) is 4.54. The molecule has 0 saturated carbocycles. The van der Waals surface area contributed by atoms with Crippen molar-refractivity contribution in [3.63, 3.8) is 0 Å². The lowest BCUT2D eigenvalue weighted by molar-refractivity contribution is -0.125. The van der Waals surface area contributed by atoms with E-state index in [4.69, 9.17) is 9.47 Å². The molecule has 0 amide bonds. The maximum Gasteiger partial charge on any atom is 0.137 e. The lowest BCUT2D eigenvalue weighted by Gasteiger charge is -2.39. The van der Waals surface area contributed by atoms with Crippen molar-refractivity contribution in [2.75, 3.05) is 20.8 Å². The molecule has 3 nitrogen and oxygen atoms in total. The Morgan fingerprint density at radius 1 is 1.18 bits per heavy atom. The van der Waals surface area contributed by atoms with Gasteiger partial charge in [-0.15, -0.1) is 0 Å². The number of methoxy groups -OCH3 is 2. The van der Waals surface area contributed by atoms with Crippen molar-refractivity contribution in [3.05, 3.63) is 42.3 Å². The Morgan fingerprint density at radius 2 is 1.94 bits per heavy atom. The van der Waals surface area contributed by atoms with Crippen LogP contribution in [0.25, 0.3) is 0 Å². The smallest absolute Gasteiger partial charge is 0.137 e. The summed E-state index contributed by atoms with van der Waals surface area (Å²) in [5.74, 6) is 0. The zero-order chi connectivity index (χ0) is 12.1. The minimum absolute atomic E-state index is 0.0222. The maximum atomic E-state index is 5.55. The summed E-state index contributed by atoms with van der Waals surface area (Å²) >= 11 is 0. The summed E-state index contributed by atoms with van der Waals surface area (Å²) in [6.45, 7) is 1.93. The number of benzene rings is 1. The Hall–Kier alpha value is -0.900. The van der Waals surface area contributed by atoms with Gasteiger partial charge in [-0.1, -0.05) is 30.3 Å². The fourth-order valence-electron chi connectivity index (χ4n) is 2.34. The van der Waals surface area contributed by atoms with E-state index in [9.17, 15) is 0 Å². The first-order chi connectivity index (χ1) is 8.35. The van der Waals surface area contributed by atoms with E-state index in [1.54, 1.807) is 14.2 Å². The summed E-state index contributed by atoms with van der Waals surface area (Å²) < 4.78 is 11.0. The first kappa shape index (κ1) is 12.6. The molecule has 0 spiro atoms. The number of piperidine rings is 1. The van der Waals surface area contributed by atoms with Crippen LogP contribution in [0.15, 0.2) is 30.3 Å². The fraction of sp³-hybridized carbons (Fsp3) is 0.500. The average molecular weight is 234 g/mol. The van der Waals surface area contributed by atoms with Gasteiger partial charge in [0.2, 0.25) is 0 Å². The van der Waals surface area contributed by atoms with Crippen LogP contribution in [0.3, 0.4) is 0 Å². The van der Waals surface area contributed by atoms with Gasteiger partial charge in [-0.3, -0.25) is 4.90 Å². The third-order valence-electron chi connectivity index (χ3n) is 3.20. The Labute approximate surface area is 103 Å². The second kappa shape index (κ2) is 6.15. The van der Waals surface area contributed by atoms with Crippen molar-refractivity contribution in [1.29, 1.82) is 0 Å². The van der Waals surface area contributed by atoms with E-state index in [0.717, 1.165) is 19.5 Å². The predicted molar refractivity (Wildman–Crippen MR) is 67.4 cm³/mol. The molecule has 1 radical (unpaired) electrons. The minimum atomic E-state index is 0.0222. The molecule has 0 N–H and O–H groups in total. The molecule has 17 heavy (non-hydrogen) atoms. The molecule has 1 aliphatic rings. The Morgan fingerprint density at radius 3 is 2.59 bits per heavy atom. The van der Waals surface area contributed by atoms with Crippen molar-refractivity contribution in [2.24, 2.45) is 0 Å². The van der Waals surface area contributed by atoms with Gasteiger partial charge in [0, 0.05) is 27.3 Å². The Bertz CT molecular complexity index is 328. The lowest BCUT2D eigenvalue weighted by atomic mass is 10.0. The van der Waals surface area contributed by atoms with E-state index in [1.807, 2.05) is 6.07 Å². The quantitative estimate of drug-likeness (QED) is 0.796. The second-order valence-corrected chi connectivity index (χ2v) is 4.31. The first-order valence-corrected chi connectivity index (χ1v) is 6.02. The molecule has 1 aliphatic heterocycles. The van der Waals surface area contributed by atoms with Gasteiger partial charge in [0.15, 0.2) is 0 Å². The molecule has 1 aromatic rings. The highest BCUT2D eigenvalue weighted by molar-refractivity contribution is 5.14. The lowest BCUT2D eigenvalue weighted by Crippen LogP contribution is -2.49. The van der Waals surface area contributed by atoms with Crippen molar-refractivity contribution in [1.82, 2.24) is 4.90 Å². The van der Waals surface area contributed by atoms with Crippen LogP contribution in [0.4, 0.5) is 0 Å². The number of likely N-dealkylation sites (tertiary alicyclic amines) is 1. The third kappa shape index (κ3) is 3.06. The summed E-state index contributed by atoms with van der Waals surface area (Å²) in [6.07, 6.45) is 3.33. The van der Waals surface area contributed by atoms with E-state index in [-0.39, 0.29) is 12.3 Å². The molecule has 3 heteroatoms. The zero-order valence-electron chi connectivity index (χ0n) is 10.5. The highest BCUT2D eigenvalue weighted by Crippen LogP contribution is 2.21. The highest BCUT2D eigenvalue weighted by atomic mass is 16.5. The molecular formula is C14H20NO2. The molecule has 2 atom stereocenters. The summed E-state index contributed by atoms with van der Waals surface area (Å²) in [7, 11) is 3.48. The number of ether oxygens (including phenoxy) is 2. The van der Waals surface area contributed by atoms with Gasteiger partial charge in [0.05, 0.1) is 0 Å². The zero-order valence-corrected chi connectivity index (χ0v) is 10.5. The normalized spacial score (nSPS) is 26.0. The van der Waals surface area contributed by atoms with Gasteiger partial charge in [0.25, 0.3) is 0 Å². The van der Waals surface area contributed by atoms with Gasteiger partial charge in [-0.2, -0.15) is 0 Å². The topological polar surface area (TPSA) is 21.7 Å².